The van der Waals surface area contributed by atoms with Gasteiger partial charge in [0.2, 0.25) is 11.7 Å². The Balaban J connectivity index is 1.08. The second kappa shape index (κ2) is 13.7. The monoisotopic (exact) mass is 711 g/mol. The molecule has 2 aliphatic rings. The van der Waals surface area contributed by atoms with Gasteiger partial charge in [-0.15, -0.1) is 0 Å². The summed E-state index contributed by atoms with van der Waals surface area (Å²) in [6, 6.07) is 6.96. The van der Waals surface area contributed by atoms with Gasteiger partial charge in [0.25, 0.3) is 0 Å². The summed E-state index contributed by atoms with van der Waals surface area (Å²) in [4.78, 5) is 18.6. The fourth-order valence-corrected chi connectivity index (χ4v) is 7.42. The van der Waals surface area contributed by atoms with Gasteiger partial charge < -0.3 is 19.1 Å². The van der Waals surface area contributed by atoms with Crippen molar-refractivity contribution in [3.8, 4) is 23.2 Å². The number of rotatable bonds is 12. The van der Waals surface area contributed by atoms with Crippen LogP contribution in [0.15, 0.2) is 37.1 Å². The van der Waals surface area contributed by atoms with Crippen LogP contribution in [-0.4, -0.2) is 84.2 Å². The first-order valence-electron chi connectivity index (χ1n) is 16.9. The summed E-state index contributed by atoms with van der Waals surface area (Å²) in [6.45, 7) is 12.1. The minimum atomic E-state index is -4.77. The molecule has 1 N–H and O–H groups in total. The molecule has 50 heavy (non-hydrogen) atoms. The number of fused-ring (bicyclic) bond motifs is 1. The maximum absolute atomic E-state index is 13.5. The van der Waals surface area contributed by atoms with Gasteiger partial charge in [0.05, 0.1) is 30.1 Å². The van der Waals surface area contributed by atoms with E-state index in [0.29, 0.717) is 45.7 Å². The summed E-state index contributed by atoms with van der Waals surface area (Å²) >= 11 is 0. The van der Waals surface area contributed by atoms with E-state index in [1.807, 2.05) is 27.7 Å². The Morgan fingerprint density at radius 1 is 1.10 bits per heavy atom. The second-order valence-corrected chi connectivity index (χ2v) is 20.9. The van der Waals surface area contributed by atoms with Gasteiger partial charge in [-0.05, 0) is 51.6 Å². The van der Waals surface area contributed by atoms with Crippen molar-refractivity contribution >= 4 is 19.1 Å². The van der Waals surface area contributed by atoms with Crippen LogP contribution in [0.5, 0.6) is 5.88 Å². The van der Waals surface area contributed by atoms with Gasteiger partial charge in [-0.25, -0.2) is 15.0 Å². The minimum absolute atomic E-state index is 0.153. The van der Waals surface area contributed by atoms with Crippen molar-refractivity contribution in [2.24, 2.45) is 0 Å². The Morgan fingerprint density at radius 2 is 1.84 bits per heavy atom. The van der Waals surface area contributed by atoms with Crippen LogP contribution in [-0.2, 0) is 28.8 Å². The van der Waals surface area contributed by atoms with E-state index in [1.165, 1.54) is 19.9 Å². The Bertz CT molecular complexity index is 1810. The normalized spacial score (nSPS) is 20.1. The first-order valence-corrected chi connectivity index (χ1v) is 20.7. The van der Waals surface area contributed by atoms with Crippen molar-refractivity contribution in [2.75, 3.05) is 19.7 Å². The molecule has 0 atom stereocenters. The van der Waals surface area contributed by atoms with Crippen LogP contribution in [0.25, 0.3) is 22.3 Å². The van der Waals surface area contributed by atoms with Gasteiger partial charge in [-0.1, -0.05) is 19.6 Å². The first-order chi connectivity index (χ1) is 23.5. The molecule has 1 saturated heterocycles. The molecule has 4 aromatic rings. The lowest BCUT2D eigenvalue weighted by molar-refractivity contribution is -0.145. The number of likely N-dealkylation sites (tertiary alicyclic amines) is 1. The Morgan fingerprint density at radius 3 is 2.50 bits per heavy atom. The number of ether oxygens (including phenoxy) is 2. The SMILES string of the molecule is CC(C)(O)c1cc(O[C@H]2CC[C@@H](N3CC(CC#N)(n4cc(-c5ncnc6c5ccn6COCC[Si](C)(C)C)cn4)C3)CC2)nc(C(F)(F)F)n1. The molecule has 2 fully saturated rings. The lowest BCUT2D eigenvalue weighted by Crippen LogP contribution is -2.65. The van der Waals surface area contributed by atoms with Gasteiger partial charge in [-0.3, -0.25) is 9.58 Å². The van der Waals surface area contributed by atoms with E-state index in [9.17, 15) is 23.5 Å². The van der Waals surface area contributed by atoms with Crippen LogP contribution >= 0.6 is 0 Å². The highest BCUT2D eigenvalue weighted by Crippen LogP contribution is 2.39. The molecule has 12 nitrogen and oxygen atoms in total. The molecule has 0 unspecified atom stereocenters. The maximum Gasteiger partial charge on any atom is 0.451 e. The Hall–Kier alpha value is -3.91. The summed E-state index contributed by atoms with van der Waals surface area (Å²) in [5.41, 5.74) is 0.177. The lowest BCUT2D eigenvalue weighted by atomic mass is 9.82. The van der Waals surface area contributed by atoms with Crippen LogP contribution in [0.2, 0.25) is 25.7 Å². The van der Waals surface area contributed by atoms with E-state index >= 15 is 0 Å². The summed E-state index contributed by atoms with van der Waals surface area (Å²) in [7, 11) is -1.18. The van der Waals surface area contributed by atoms with Crippen molar-refractivity contribution in [2.45, 2.75) is 108 Å². The average Bonchev–Trinajstić information content (AvgIpc) is 3.68. The highest BCUT2D eigenvalue weighted by atomic mass is 28.3. The minimum Gasteiger partial charge on any atom is -0.474 e. The molecule has 1 aliphatic heterocycles. The zero-order valence-electron chi connectivity index (χ0n) is 29.1. The molecule has 0 radical (unpaired) electrons. The first kappa shape index (κ1) is 35.9. The zero-order chi connectivity index (χ0) is 35.9. The predicted octanol–water partition coefficient (Wildman–Crippen LogP) is 5.96. The molecular formula is C34H44F3N9O3Si. The molecule has 16 heteroatoms. The number of nitrogens with zero attached hydrogens (tertiary/aromatic N) is 9. The van der Waals surface area contributed by atoms with Gasteiger partial charge >= 0.3 is 6.18 Å². The number of halogens is 3. The van der Waals surface area contributed by atoms with Gasteiger partial charge in [0.15, 0.2) is 0 Å². The summed E-state index contributed by atoms with van der Waals surface area (Å²) in [6.07, 6.45) is 5.31. The molecule has 268 valence electrons. The maximum atomic E-state index is 13.5. The molecule has 0 spiro atoms. The predicted molar refractivity (Wildman–Crippen MR) is 182 cm³/mol. The van der Waals surface area contributed by atoms with E-state index in [-0.39, 0.29) is 23.7 Å². The number of aliphatic hydroxyl groups is 1. The van der Waals surface area contributed by atoms with Gasteiger partial charge in [0, 0.05) is 63.2 Å². The highest BCUT2D eigenvalue weighted by Gasteiger charge is 2.48. The van der Waals surface area contributed by atoms with E-state index in [0.717, 1.165) is 41.2 Å². The molecule has 1 aliphatic carbocycles. The van der Waals surface area contributed by atoms with E-state index < -0.39 is 31.2 Å². The van der Waals surface area contributed by atoms with E-state index in [4.69, 9.17) is 14.6 Å². The van der Waals surface area contributed by atoms with E-state index in [2.05, 4.69) is 50.5 Å². The molecule has 4 aromatic heterocycles. The van der Waals surface area contributed by atoms with Gasteiger partial charge in [0.1, 0.15) is 35.9 Å². The zero-order valence-corrected chi connectivity index (χ0v) is 30.1. The summed E-state index contributed by atoms with van der Waals surface area (Å²) in [5, 5.41) is 25.7. The molecule has 0 amide bonds. The standard InChI is InChI=1S/C34H44F3N9O3Si/c1-32(2,47)27-16-28(43-31(42-27)34(35,36)37)49-25-8-6-24(7-9-25)45-19-33(20-45,11-12-38)46-18-23(17-41-46)29-26-10-13-44(30(26)40-21-39-29)22-48-14-15-50(3,4)5/h10,13,16-18,21,24-25,47H,6-9,11,14-15,19-20,22H2,1-5H3/t24-,25+. The van der Waals surface area contributed by atoms with E-state index in [1.54, 1.807) is 12.5 Å². The largest absolute Gasteiger partial charge is 0.474 e. The van der Waals surface area contributed by atoms with Crippen LogP contribution < -0.4 is 4.74 Å². The number of alkyl halides is 3. The van der Waals surface area contributed by atoms with Crippen molar-refractivity contribution in [1.29, 1.82) is 5.26 Å². The molecule has 5 heterocycles. The van der Waals surface area contributed by atoms with Crippen molar-refractivity contribution in [3.05, 3.63) is 48.6 Å². The smallest absolute Gasteiger partial charge is 0.451 e. The van der Waals surface area contributed by atoms with Crippen molar-refractivity contribution in [3.63, 3.8) is 0 Å². The van der Waals surface area contributed by atoms with Crippen molar-refractivity contribution in [1.82, 2.24) is 39.2 Å². The van der Waals surface area contributed by atoms with Crippen LogP contribution in [0.1, 0.15) is 57.5 Å². The van der Waals surface area contributed by atoms with Crippen molar-refractivity contribution < 1.29 is 27.8 Å². The lowest BCUT2D eigenvalue weighted by Gasteiger charge is -2.53. The topological polar surface area (TPSA) is 140 Å². The Kier molecular flexibility index (Phi) is 9.81. The Labute approximate surface area is 290 Å². The third-order valence-electron chi connectivity index (χ3n) is 9.56. The van der Waals surface area contributed by atoms with Crippen LogP contribution in [0.3, 0.4) is 0 Å². The van der Waals surface area contributed by atoms with Crippen LogP contribution in [0.4, 0.5) is 13.2 Å². The number of nitriles is 1. The fourth-order valence-electron chi connectivity index (χ4n) is 6.66. The van der Waals surface area contributed by atoms with Crippen LogP contribution in [0, 0.1) is 11.3 Å². The fraction of sp³-hybridized carbons (Fsp3) is 0.588. The quantitative estimate of drug-likeness (QED) is 0.138. The molecule has 0 aromatic carbocycles. The second-order valence-electron chi connectivity index (χ2n) is 15.3. The van der Waals surface area contributed by atoms with Gasteiger partial charge in [-0.2, -0.15) is 28.5 Å². The molecular weight excluding hydrogens is 668 g/mol. The third-order valence-corrected chi connectivity index (χ3v) is 11.3. The number of aromatic nitrogens is 7. The number of hydrogen-bond donors (Lipinski definition) is 1. The molecule has 1 saturated carbocycles. The number of hydrogen-bond acceptors (Lipinski definition) is 10. The molecule has 6 rings (SSSR count). The third kappa shape index (κ3) is 7.85. The summed E-state index contributed by atoms with van der Waals surface area (Å²) in [5.74, 6) is -1.53. The molecule has 0 bridgehead atoms. The summed E-state index contributed by atoms with van der Waals surface area (Å²) < 4.78 is 56.1. The highest BCUT2D eigenvalue weighted by molar-refractivity contribution is 6.76. The average molecular weight is 712 g/mol.